The largest absolute Gasteiger partial charge is 0.311 e. The summed E-state index contributed by atoms with van der Waals surface area (Å²) in [7, 11) is 0. The predicted molar refractivity (Wildman–Crippen MR) is 75.5 cm³/mol. The van der Waals surface area contributed by atoms with Crippen LogP contribution in [0.5, 0.6) is 0 Å². The van der Waals surface area contributed by atoms with E-state index in [0.717, 1.165) is 31.7 Å². The molecule has 0 spiro atoms. The van der Waals surface area contributed by atoms with Gasteiger partial charge in [0, 0.05) is 24.7 Å². The van der Waals surface area contributed by atoms with Crippen LogP contribution in [0.1, 0.15) is 25.8 Å². The van der Waals surface area contributed by atoms with Crippen LogP contribution in [0.3, 0.4) is 0 Å². The summed E-state index contributed by atoms with van der Waals surface area (Å²) in [5.74, 6) is -0.288. The number of rotatable bonds is 8. The Morgan fingerprint density at radius 1 is 1.28 bits per heavy atom. The molecule has 0 radical (unpaired) electrons. The lowest BCUT2D eigenvalue weighted by molar-refractivity contribution is 0.287. The van der Waals surface area contributed by atoms with Crippen LogP contribution < -0.4 is 5.32 Å². The SMILES string of the molecule is CCCN(CC)CCNCc1ccc(F)cc1Cl. The van der Waals surface area contributed by atoms with Crippen molar-refractivity contribution in [2.24, 2.45) is 0 Å². The van der Waals surface area contributed by atoms with Gasteiger partial charge in [-0.1, -0.05) is 31.5 Å². The van der Waals surface area contributed by atoms with Gasteiger partial charge in [0.2, 0.25) is 0 Å². The molecule has 1 N–H and O–H groups in total. The number of halogens is 2. The van der Waals surface area contributed by atoms with Gasteiger partial charge in [0.15, 0.2) is 0 Å². The Labute approximate surface area is 114 Å². The monoisotopic (exact) mass is 272 g/mol. The van der Waals surface area contributed by atoms with Gasteiger partial charge in [0.1, 0.15) is 5.82 Å². The first-order chi connectivity index (χ1) is 8.67. The van der Waals surface area contributed by atoms with Crippen molar-refractivity contribution in [1.29, 1.82) is 0 Å². The molecule has 0 aromatic heterocycles. The molecule has 1 aromatic carbocycles. The van der Waals surface area contributed by atoms with E-state index in [2.05, 4.69) is 24.1 Å². The molecule has 2 nitrogen and oxygen atoms in total. The lowest BCUT2D eigenvalue weighted by atomic mass is 10.2. The average molecular weight is 273 g/mol. The summed E-state index contributed by atoms with van der Waals surface area (Å²) in [6.07, 6.45) is 1.18. The zero-order valence-corrected chi connectivity index (χ0v) is 11.9. The number of hydrogen-bond acceptors (Lipinski definition) is 2. The molecule has 0 aliphatic carbocycles. The molecule has 0 saturated heterocycles. The zero-order chi connectivity index (χ0) is 13.4. The third-order valence-corrected chi connectivity index (χ3v) is 3.27. The van der Waals surface area contributed by atoms with Crippen LogP contribution in [0.15, 0.2) is 18.2 Å². The third-order valence-electron chi connectivity index (χ3n) is 2.92. The second kappa shape index (κ2) is 8.46. The highest BCUT2D eigenvalue weighted by molar-refractivity contribution is 6.31. The minimum absolute atomic E-state index is 0.288. The molecule has 0 fully saturated rings. The highest BCUT2D eigenvalue weighted by atomic mass is 35.5. The van der Waals surface area contributed by atoms with Crippen molar-refractivity contribution < 1.29 is 4.39 Å². The number of nitrogens with one attached hydrogen (secondary N) is 1. The third kappa shape index (κ3) is 5.34. The van der Waals surface area contributed by atoms with Crippen molar-refractivity contribution in [3.8, 4) is 0 Å². The summed E-state index contributed by atoms with van der Waals surface area (Å²) < 4.78 is 12.9. The van der Waals surface area contributed by atoms with Gasteiger partial charge >= 0.3 is 0 Å². The minimum atomic E-state index is -0.288. The summed E-state index contributed by atoms with van der Waals surface area (Å²) in [5, 5.41) is 3.83. The first kappa shape index (κ1) is 15.4. The van der Waals surface area contributed by atoms with E-state index in [1.54, 1.807) is 6.07 Å². The summed E-state index contributed by atoms with van der Waals surface area (Å²) in [6.45, 7) is 9.21. The molecule has 0 atom stereocenters. The first-order valence-electron chi connectivity index (χ1n) is 6.54. The van der Waals surface area contributed by atoms with Gasteiger partial charge in [-0.05, 0) is 37.2 Å². The van der Waals surface area contributed by atoms with Crippen molar-refractivity contribution in [3.63, 3.8) is 0 Å². The van der Waals surface area contributed by atoms with Crippen LogP contribution in [0.2, 0.25) is 5.02 Å². The number of nitrogens with zero attached hydrogens (tertiary/aromatic N) is 1. The van der Waals surface area contributed by atoms with Gasteiger partial charge < -0.3 is 10.2 Å². The standard InChI is InChI=1S/C14H22ClFN2/c1-3-8-18(4-2)9-7-17-11-12-5-6-13(16)10-14(12)15/h5-6,10,17H,3-4,7-9,11H2,1-2H3. The molecule has 0 amide bonds. The molecule has 102 valence electrons. The maximum absolute atomic E-state index is 12.9. The molecule has 0 heterocycles. The second-order valence-corrected chi connectivity index (χ2v) is 4.75. The lowest BCUT2D eigenvalue weighted by Crippen LogP contribution is -2.32. The Morgan fingerprint density at radius 3 is 2.67 bits per heavy atom. The van der Waals surface area contributed by atoms with E-state index in [4.69, 9.17) is 11.6 Å². The normalized spacial score (nSPS) is 11.2. The van der Waals surface area contributed by atoms with Crippen LogP contribution in [-0.2, 0) is 6.54 Å². The van der Waals surface area contributed by atoms with Gasteiger partial charge in [-0.3, -0.25) is 0 Å². The van der Waals surface area contributed by atoms with Crippen molar-refractivity contribution in [2.45, 2.75) is 26.8 Å². The van der Waals surface area contributed by atoms with Crippen LogP contribution in [-0.4, -0.2) is 31.1 Å². The molecule has 1 aromatic rings. The van der Waals surface area contributed by atoms with Crippen LogP contribution in [0, 0.1) is 5.82 Å². The molecule has 18 heavy (non-hydrogen) atoms. The van der Waals surface area contributed by atoms with E-state index in [-0.39, 0.29) is 5.82 Å². The lowest BCUT2D eigenvalue weighted by Gasteiger charge is -2.19. The van der Waals surface area contributed by atoms with Crippen molar-refractivity contribution in [3.05, 3.63) is 34.6 Å². The Balaban J connectivity index is 2.29. The van der Waals surface area contributed by atoms with Crippen LogP contribution in [0.25, 0.3) is 0 Å². The summed E-state index contributed by atoms with van der Waals surface area (Å²) in [4.78, 5) is 2.40. The maximum atomic E-state index is 12.9. The van der Waals surface area contributed by atoms with E-state index in [1.165, 1.54) is 18.6 Å². The average Bonchev–Trinajstić information content (AvgIpc) is 2.35. The molecule has 0 aliphatic heterocycles. The molecule has 0 saturated carbocycles. The molecule has 0 aliphatic rings. The Hall–Kier alpha value is -0.640. The van der Waals surface area contributed by atoms with E-state index in [0.29, 0.717) is 11.6 Å². The number of benzene rings is 1. The first-order valence-corrected chi connectivity index (χ1v) is 6.92. The number of likely N-dealkylation sites (N-methyl/N-ethyl adjacent to an activating group) is 1. The fourth-order valence-electron chi connectivity index (χ4n) is 1.87. The summed E-state index contributed by atoms with van der Waals surface area (Å²) >= 11 is 5.96. The topological polar surface area (TPSA) is 15.3 Å². The van der Waals surface area contributed by atoms with Crippen molar-refractivity contribution in [1.82, 2.24) is 10.2 Å². The van der Waals surface area contributed by atoms with Gasteiger partial charge in [-0.25, -0.2) is 4.39 Å². The Morgan fingerprint density at radius 2 is 2.06 bits per heavy atom. The molecule has 4 heteroatoms. The molecule has 0 bridgehead atoms. The summed E-state index contributed by atoms with van der Waals surface area (Å²) in [5.41, 5.74) is 0.941. The fourth-order valence-corrected chi connectivity index (χ4v) is 2.10. The molecule has 1 rings (SSSR count). The highest BCUT2D eigenvalue weighted by Gasteiger charge is 2.03. The Kier molecular flexibility index (Phi) is 7.25. The van der Waals surface area contributed by atoms with Crippen LogP contribution in [0.4, 0.5) is 4.39 Å². The molecule has 0 unspecified atom stereocenters. The zero-order valence-electron chi connectivity index (χ0n) is 11.2. The summed E-state index contributed by atoms with van der Waals surface area (Å²) in [6, 6.07) is 4.53. The van der Waals surface area contributed by atoms with Gasteiger partial charge in [0.25, 0.3) is 0 Å². The van der Waals surface area contributed by atoms with Crippen LogP contribution >= 0.6 is 11.6 Å². The minimum Gasteiger partial charge on any atom is -0.311 e. The highest BCUT2D eigenvalue weighted by Crippen LogP contribution is 2.16. The molecular formula is C14H22ClFN2. The van der Waals surface area contributed by atoms with Crippen molar-refractivity contribution >= 4 is 11.6 Å². The predicted octanol–water partition coefficient (Wildman–Crippen LogP) is 3.30. The van der Waals surface area contributed by atoms with Gasteiger partial charge in [-0.2, -0.15) is 0 Å². The van der Waals surface area contributed by atoms with E-state index < -0.39 is 0 Å². The Bertz CT molecular complexity index is 358. The molecular weight excluding hydrogens is 251 g/mol. The quantitative estimate of drug-likeness (QED) is 0.731. The van der Waals surface area contributed by atoms with E-state index >= 15 is 0 Å². The smallest absolute Gasteiger partial charge is 0.124 e. The fraction of sp³-hybridized carbons (Fsp3) is 0.571. The number of hydrogen-bond donors (Lipinski definition) is 1. The van der Waals surface area contributed by atoms with Gasteiger partial charge in [-0.15, -0.1) is 0 Å². The van der Waals surface area contributed by atoms with E-state index in [9.17, 15) is 4.39 Å². The van der Waals surface area contributed by atoms with Gasteiger partial charge in [0.05, 0.1) is 0 Å². The van der Waals surface area contributed by atoms with E-state index in [1.807, 2.05) is 0 Å². The second-order valence-electron chi connectivity index (χ2n) is 4.35. The van der Waals surface area contributed by atoms with Crippen molar-refractivity contribution in [2.75, 3.05) is 26.2 Å². The maximum Gasteiger partial charge on any atom is 0.124 e.